The van der Waals surface area contributed by atoms with Crippen LogP contribution >= 0.6 is 15.9 Å². The van der Waals surface area contributed by atoms with Crippen molar-refractivity contribution in [2.24, 2.45) is 0 Å². The number of methoxy groups -OCH3 is 4. The highest BCUT2D eigenvalue weighted by Crippen LogP contribution is 2.24. The number of anilines is 3. The first-order valence-corrected chi connectivity index (χ1v) is 20.4. The first-order chi connectivity index (χ1) is 28.9. The average molecular weight is 862 g/mol. The van der Waals surface area contributed by atoms with Crippen LogP contribution in [0.2, 0.25) is 0 Å². The van der Waals surface area contributed by atoms with Crippen LogP contribution in [-0.4, -0.2) is 86.0 Å². The predicted octanol–water partition coefficient (Wildman–Crippen LogP) is 8.31. The molecule has 4 aromatic carbocycles. The van der Waals surface area contributed by atoms with Crippen LogP contribution in [0.15, 0.2) is 126 Å². The minimum atomic E-state index is 0.680. The van der Waals surface area contributed by atoms with E-state index in [9.17, 15) is 0 Å². The van der Waals surface area contributed by atoms with Crippen molar-refractivity contribution in [3.8, 4) is 23.0 Å². The molecule has 1 saturated heterocycles. The molecule has 1 aliphatic rings. The zero-order valence-electron chi connectivity index (χ0n) is 34.5. The van der Waals surface area contributed by atoms with Crippen molar-refractivity contribution < 1.29 is 18.9 Å². The van der Waals surface area contributed by atoms with Crippen molar-refractivity contribution >= 4 is 33.5 Å². The Morgan fingerprint density at radius 1 is 0.475 bits per heavy atom. The number of rotatable bonds is 16. The summed E-state index contributed by atoms with van der Waals surface area (Å²) in [6, 6.07) is 32.4. The molecule has 7 rings (SSSR count). The Morgan fingerprint density at radius 3 is 1.07 bits per heavy atom. The number of nitrogens with zero attached hydrogens (tertiary/aromatic N) is 8. The summed E-state index contributed by atoms with van der Waals surface area (Å²) in [5.74, 6) is 4.79. The highest BCUT2D eigenvalue weighted by Gasteiger charge is 2.18. The van der Waals surface area contributed by atoms with Gasteiger partial charge in [0.2, 0.25) is 11.9 Å². The molecule has 0 saturated carbocycles. The fourth-order valence-corrected chi connectivity index (χ4v) is 6.84. The second kappa shape index (κ2) is 21.7. The van der Waals surface area contributed by atoms with Gasteiger partial charge in [0.15, 0.2) is 0 Å². The molecule has 13 heteroatoms. The number of hydrogen-bond acceptors (Lipinski definition) is 12. The summed E-state index contributed by atoms with van der Waals surface area (Å²) in [4.78, 5) is 27.6. The molecule has 1 fully saturated rings. The number of aromatic nitrogens is 4. The van der Waals surface area contributed by atoms with Gasteiger partial charge >= 0.3 is 0 Å². The minimum absolute atomic E-state index is 0.680. The van der Waals surface area contributed by atoms with Crippen LogP contribution < -0.4 is 33.6 Å². The molecule has 0 radical (unpaired) electrons. The fraction of sp³-hybridized carbons (Fsp3) is 0.304. The summed E-state index contributed by atoms with van der Waals surface area (Å²) in [7, 11) is 6.70. The van der Waals surface area contributed by atoms with Crippen molar-refractivity contribution in [1.29, 1.82) is 0 Å². The molecule has 0 bridgehead atoms. The Kier molecular flexibility index (Phi) is 15.7. The second-order valence-corrected chi connectivity index (χ2v) is 14.9. The number of ether oxygens (including phenoxy) is 4. The largest absolute Gasteiger partial charge is 0.497 e. The van der Waals surface area contributed by atoms with Crippen LogP contribution in [0.1, 0.15) is 29.2 Å². The van der Waals surface area contributed by atoms with E-state index in [4.69, 9.17) is 28.9 Å². The lowest BCUT2D eigenvalue weighted by atomic mass is 10.1. The minimum Gasteiger partial charge on any atom is -0.497 e. The second-order valence-electron chi connectivity index (χ2n) is 14.0. The van der Waals surface area contributed by atoms with E-state index >= 15 is 0 Å². The summed E-state index contributed by atoms with van der Waals surface area (Å²) in [5, 5.41) is 0. The zero-order chi connectivity index (χ0) is 41.4. The summed E-state index contributed by atoms with van der Waals surface area (Å²) in [5.41, 5.74) is 5.75. The summed E-state index contributed by atoms with van der Waals surface area (Å²) >= 11 is 3.39. The quantitative estimate of drug-likeness (QED) is 0.0936. The number of piperazine rings is 1. The van der Waals surface area contributed by atoms with Gasteiger partial charge in [-0.1, -0.05) is 55.5 Å². The highest BCUT2D eigenvalue weighted by atomic mass is 79.9. The van der Waals surface area contributed by atoms with Crippen LogP contribution in [0.4, 0.5) is 17.6 Å². The molecule has 0 spiro atoms. The lowest BCUT2D eigenvalue weighted by Crippen LogP contribution is -2.46. The number of hydrogen-bond donors (Lipinski definition) is 0. The maximum absolute atomic E-state index is 5.30. The smallest absolute Gasteiger partial charge is 0.225 e. The third-order valence-electron chi connectivity index (χ3n) is 10.1. The monoisotopic (exact) mass is 860 g/mol. The van der Waals surface area contributed by atoms with Gasteiger partial charge in [-0.3, -0.25) is 0 Å². The van der Waals surface area contributed by atoms with Crippen molar-refractivity contribution in [2.75, 3.05) is 75.9 Å². The Balaban J connectivity index is 0.000000204. The Bertz CT molecular complexity index is 2020. The number of likely N-dealkylation sites (N-methyl/N-ethyl adjacent to an activating group) is 1. The summed E-state index contributed by atoms with van der Waals surface area (Å²) < 4.78 is 21.9. The van der Waals surface area contributed by atoms with Gasteiger partial charge in [0, 0.05) is 64.8 Å². The van der Waals surface area contributed by atoms with Gasteiger partial charge in [-0.25, -0.2) is 19.9 Å². The normalized spacial score (nSPS) is 12.5. The zero-order valence-corrected chi connectivity index (χ0v) is 36.1. The van der Waals surface area contributed by atoms with Gasteiger partial charge in [-0.2, -0.15) is 0 Å². The molecule has 0 amide bonds. The Labute approximate surface area is 356 Å². The molecule has 0 aliphatic carbocycles. The molecule has 59 heavy (non-hydrogen) atoms. The first-order valence-electron chi connectivity index (χ1n) is 19.6. The van der Waals surface area contributed by atoms with Gasteiger partial charge in [-0.05, 0) is 93.3 Å². The molecular formula is C46H53BrN8O4. The van der Waals surface area contributed by atoms with Crippen molar-refractivity contribution in [2.45, 2.75) is 33.1 Å². The number of benzene rings is 4. The van der Waals surface area contributed by atoms with E-state index < -0.39 is 0 Å². The van der Waals surface area contributed by atoms with Crippen molar-refractivity contribution in [1.82, 2.24) is 24.8 Å². The van der Waals surface area contributed by atoms with Crippen LogP contribution in [0.3, 0.4) is 0 Å². The fourth-order valence-electron chi connectivity index (χ4n) is 6.63. The third-order valence-corrected chi connectivity index (χ3v) is 10.5. The Hall–Kier alpha value is -5.92. The maximum atomic E-state index is 5.30. The van der Waals surface area contributed by atoms with E-state index in [0.29, 0.717) is 32.1 Å². The maximum Gasteiger partial charge on any atom is 0.225 e. The lowest BCUT2D eigenvalue weighted by Gasteiger charge is -2.35. The SMILES string of the molecule is CCN1CCN(c2cnc(N(Cc3ccc(OC)cc3)Cc3ccc(OC)cc3)nc2)CC1.COc1ccc(CN(Cc2ccc(OC)cc2)c2ncc(Br)cn2)cc1. The molecular weight excluding hydrogens is 808 g/mol. The average Bonchev–Trinajstić information content (AvgIpc) is 3.30. The van der Waals surface area contributed by atoms with Crippen LogP contribution in [0.5, 0.6) is 23.0 Å². The molecule has 3 heterocycles. The van der Waals surface area contributed by atoms with Gasteiger partial charge in [0.05, 0.1) is 51.0 Å². The van der Waals surface area contributed by atoms with E-state index in [-0.39, 0.29) is 0 Å². The molecule has 1 aliphatic heterocycles. The molecule has 6 aromatic rings. The summed E-state index contributed by atoms with van der Waals surface area (Å²) in [6.07, 6.45) is 7.44. The molecule has 12 nitrogen and oxygen atoms in total. The number of halogens is 1. The van der Waals surface area contributed by atoms with Gasteiger partial charge in [0.1, 0.15) is 23.0 Å². The van der Waals surface area contributed by atoms with Gasteiger partial charge in [0.25, 0.3) is 0 Å². The van der Waals surface area contributed by atoms with E-state index in [1.807, 2.05) is 60.9 Å². The van der Waals surface area contributed by atoms with Crippen LogP contribution in [-0.2, 0) is 26.2 Å². The standard InChI is InChI=1S/C26H33N5O2.C20H20BrN3O2/c1-4-29-13-15-30(16-14-29)23-17-27-26(28-18-23)31(19-21-5-9-24(32-2)10-6-21)20-22-7-11-25(33-3)12-8-22;1-25-18-7-3-15(4-8-18)13-24(20-22-11-17(21)12-23-20)14-16-5-9-19(26-2)10-6-16/h5-12,17-18H,4,13-16,19-20H2,1-3H3;3-12H,13-14H2,1-2H3. The van der Waals surface area contributed by atoms with E-state index in [1.54, 1.807) is 40.8 Å². The lowest BCUT2D eigenvalue weighted by molar-refractivity contribution is 0.271. The molecule has 0 unspecified atom stereocenters. The van der Waals surface area contributed by atoms with Crippen LogP contribution in [0.25, 0.3) is 0 Å². The van der Waals surface area contributed by atoms with Gasteiger partial charge < -0.3 is 38.5 Å². The van der Waals surface area contributed by atoms with E-state index in [2.05, 4.69) is 101 Å². The van der Waals surface area contributed by atoms with Gasteiger partial charge in [-0.15, -0.1) is 0 Å². The van der Waals surface area contributed by atoms with Crippen molar-refractivity contribution in [3.63, 3.8) is 0 Å². The molecule has 0 atom stereocenters. The third kappa shape index (κ3) is 12.5. The molecule has 0 N–H and O–H groups in total. The molecule has 2 aromatic heterocycles. The van der Waals surface area contributed by atoms with E-state index in [1.165, 1.54) is 11.1 Å². The highest BCUT2D eigenvalue weighted by molar-refractivity contribution is 9.10. The van der Waals surface area contributed by atoms with E-state index in [0.717, 1.165) is 83.0 Å². The topological polar surface area (TPSA) is 101 Å². The molecule has 308 valence electrons. The van der Waals surface area contributed by atoms with Crippen LogP contribution in [0, 0.1) is 0 Å². The predicted molar refractivity (Wildman–Crippen MR) is 238 cm³/mol. The van der Waals surface area contributed by atoms with Crippen molar-refractivity contribution in [3.05, 3.63) is 149 Å². The Morgan fingerprint density at radius 2 is 0.780 bits per heavy atom. The first kappa shape index (κ1) is 42.7. The summed E-state index contributed by atoms with van der Waals surface area (Å²) in [6.45, 7) is 10.3.